The van der Waals surface area contributed by atoms with Crippen molar-refractivity contribution < 1.29 is 9.90 Å². The Morgan fingerprint density at radius 2 is 2.62 bits per heavy atom. The van der Waals surface area contributed by atoms with Gasteiger partial charge in [0, 0.05) is 10.0 Å². The Kier molecular flexibility index (Phi) is 3.30. The molecule has 2 amide bonds. The average Bonchev–Trinajstić information content (AvgIpc) is 1.68. The Balaban J connectivity index is 3.49. The summed E-state index contributed by atoms with van der Waals surface area (Å²) in [6.07, 6.45) is 0. The van der Waals surface area contributed by atoms with Crippen molar-refractivity contribution in [2.45, 2.75) is 0 Å². The third-order valence-electron chi connectivity index (χ3n) is 0.366. The number of azide groups is 1. The van der Waals surface area contributed by atoms with Crippen LogP contribution in [0, 0.1) is 0 Å². The molecular weight excluding hydrogens is 112 g/mol. The molecule has 6 heteroatoms. The quantitative estimate of drug-likeness (QED) is 0.217. The first kappa shape index (κ1) is 6.74. The first-order valence-corrected chi connectivity index (χ1v) is 1.75. The number of carbonyl (C=O) groups excluding carboxylic acids is 1. The zero-order valence-electron chi connectivity index (χ0n) is 3.90. The lowest BCUT2D eigenvalue weighted by Crippen LogP contribution is -2.19. The van der Waals surface area contributed by atoms with Crippen molar-refractivity contribution in [1.29, 1.82) is 0 Å². The van der Waals surface area contributed by atoms with Crippen molar-refractivity contribution >= 4 is 6.03 Å². The number of nitrogens with one attached hydrogen (secondary N) is 1. The highest BCUT2D eigenvalue weighted by atomic mass is 16.3. The summed E-state index contributed by atoms with van der Waals surface area (Å²) in [5.74, 6) is 0. The Labute approximate surface area is 44.7 Å². The molecule has 44 valence electrons. The van der Waals surface area contributed by atoms with E-state index in [2.05, 4.69) is 10.0 Å². The van der Waals surface area contributed by atoms with Gasteiger partial charge < -0.3 is 10.4 Å². The molecule has 0 atom stereocenters. The van der Waals surface area contributed by atoms with Gasteiger partial charge in [0.1, 0.15) is 6.73 Å². The van der Waals surface area contributed by atoms with E-state index in [0.29, 0.717) is 0 Å². The van der Waals surface area contributed by atoms with E-state index in [-0.39, 0.29) is 0 Å². The van der Waals surface area contributed by atoms with Crippen LogP contribution in [0.1, 0.15) is 0 Å². The number of aliphatic hydroxyl groups excluding tert-OH is 1. The van der Waals surface area contributed by atoms with Crippen LogP contribution in [0.5, 0.6) is 0 Å². The number of urea groups is 1. The molecule has 0 heterocycles. The smallest absolute Gasteiger partial charge is 0.309 e. The number of hydrogen-bond donors (Lipinski definition) is 2. The second kappa shape index (κ2) is 3.91. The predicted molar refractivity (Wildman–Crippen MR) is 24.8 cm³/mol. The van der Waals surface area contributed by atoms with Crippen molar-refractivity contribution in [3.8, 4) is 0 Å². The lowest BCUT2D eigenvalue weighted by Gasteiger charge is -1.88. The summed E-state index contributed by atoms with van der Waals surface area (Å²) < 4.78 is 0. The predicted octanol–water partition coefficient (Wildman–Crippen LogP) is -0.0439. The summed E-state index contributed by atoms with van der Waals surface area (Å²) in [4.78, 5) is 12.1. The van der Waals surface area contributed by atoms with E-state index in [0.717, 1.165) is 0 Å². The van der Waals surface area contributed by atoms with Gasteiger partial charge in [0.15, 0.2) is 0 Å². The summed E-state index contributed by atoms with van der Waals surface area (Å²) in [5.41, 5.74) is 7.58. The van der Waals surface area contributed by atoms with Gasteiger partial charge in [-0.15, -0.1) is 0 Å². The van der Waals surface area contributed by atoms with Crippen LogP contribution in [0.2, 0.25) is 0 Å². The van der Waals surface area contributed by atoms with E-state index in [4.69, 9.17) is 10.6 Å². The van der Waals surface area contributed by atoms with Gasteiger partial charge in [0.05, 0.1) is 0 Å². The van der Waals surface area contributed by atoms with Crippen LogP contribution in [0.3, 0.4) is 0 Å². The molecule has 0 saturated carbocycles. The number of rotatable bonds is 1. The molecule has 0 aromatic heterocycles. The van der Waals surface area contributed by atoms with Crippen molar-refractivity contribution in [2.75, 3.05) is 6.73 Å². The molecule has 0 fully saturated rings. The molecule has 0 saturated heterocycles. The monoisotopic (exact) mass is 116 g/mol. The fourth-order valence-electron chi connectivity index (χ4n) is 0.144. The van der Waals surface area contributed by atoms with Gasteiger partial charge in [-0.1, -0.05) is 0 Å². The molecule has 0 spiro atoms. The van der Waals surface area contributed by atoms with Gasteiger partial charge >= 0.3 is 6.03 Å². The highest BCUT2D eigenvalue weighted by Gasteiger charge is 1.88. The van der Waals surface area contributed by atoms with Crippen LogP contribution >= 0.6 is 0 Å². The molecule has 0 rings (SSSR count). The molecule has 0 unspecified atom stereocenters. The largest absolute Gasteiger partial charge is 0.376 e. The van der Waals surface area contributed by atoms with Gasteiger partial charge in [-0.3, -0.25) is 4.79 Å². The SMILES string of the molecule is [N-]=[N+]=NC(=O)NCO. The van der Waals surface area contributed by atoms with Gasteiger partial charge in [-0.05, 0) is 5.53 Å². The van der Waals surface area contributed by atoms with Crippen LogP contribution in [-0.2, 0) is 0 Å². The van der Waals surface area contributed by atoms with Crippen LogP contribution in [0.25, 0.3) is 10.4 Å². The minimum atomic E-state index is -0.880. The van der Waals surface area contributed by atoms with E-state index in [1.165, 1.54) is 0 Å². The standard InChI is InChI=1S/C2H4N4O2/c3-6-5-2(8)4-1-7/h7H,1H2,(H,4,8). The number of nitrogens with zero attached hydrogens (tertiary/aromatic N) is 3. The minimum Gasteiger partial charge on any atom is -0.376 e. The molecule has 6 nitrogen and oxygen atoms in total. The van der Waals surface area contributed by atoms with Crippen molar-refractivity contribution in [1.82, 2.24) is 5.32 Å². The summed E-state index contributed by atoms with van der Waals surface area (Å²) in [7, 11) is 0. The highest BCUT2D eigenvalue weighted by Crippen LogP contribution is 1.70. The average molecular weight is 116 g/mol. The van der Waals surface area contributed by atoms with Crippen LogP contribution in [0.4, 0.5) is 4.79 Å². The van der Waals surface area contributed by atoms with E-state index in [9.17, 15) is 4.79 Å². The van der Waals surface area contributed by atoms with Gasteiger partial charge in [0.25, 0.3) is 0 Å². The van der Waals surface area contributed by atoms with Crippen LogP contribution < -0.4 is 5.32 Å². The first-order valence-electron chi connectivity index (χ1n) is 1.75. The van der Waals surface area contributed by atoms with Crippen molar-refractivity contribution in [3.63, 3.8) is 0 Å². The summed E-state index contributed by atoms with van der Waals surface area (Å²) >= 11 is 0. The second-order valence-electron chi connectivity index (χ2n) is 0.829. The molecule has 0 aromatic rings. The zero-order chi connectivity index (χ0) is 6.41. The number of hydrogen-bond acceptors (Lipinski definition) is 2. The maximum atomic E-state index is 9.95. The third kappa shape index (κ3) is 2.95. The van der Waals surface area contributed by atoms with Gasteiger partial charge in [0.2, 0.25) is 0 Å². The lowest BCUT2D eigenvalue weighted by molar-refractivity contribution is 0.225. The maximum absolute atomic E-state index is 9.95. The zero-order valence-corrected chi connectivity index (χ0v) is 3.90. The molecule has 0 bridgehead atoms. The van der Waals surface area contributed by atoms with E-state index in [1.54, 1.807) is 0 Å². The normalized spacial score (nSPS) is 7.12. The molecule has 0 aliphatic heterocycles. The Hall–Kier alpha value is -1.26. The topological polar surface area (TPSA) is 98.1 Å². The highest BCUT2D eigenvalue weighted by molar-refractivity contribution is 5.74. The van der Waals surface area contributed by atoms with Crippen molar-refractivity contribution in [3.05, 3.63) is 10.4 Å². The number of amides is 2. The maximum Gasteiger partial charge on any atom is 0.309 e. The second-order valence-corrected chi connectivity index (χ2v) is 0.829. The van der Waals surface area contributed by atoms with E-state index < -0.39 is 12.8 Å². The summed E-state index contributed by atoms with van der Waals surface area (Å²) in [6.45, 7) is -0.516. The lowest BCUT2D eigenvalue weighted by atomic mass is 11.0. The molecule has 0 radical (unpaired) electrons. The summed E-state index contributed by atoms with van der Waals surface area (Å²) in [5, 5.41) is 12.4. The molecule has 0 aromatic carbocycles. The fourth-order valence-corrected chi connectivity index (χ4v) is 0.144. The van der Waals surface area contributed by atoms with E-state index in [1.807, 2.05) is 5.32 Å². The number of aliphatic hydroxyl groups is 1. The molecule has 8 heavy (non-hydrogen) atoms. The van der Waals surface area contributed by atoms with Crippen LogP contribution in [0.15, 0.2) is 5.11 Å². The van der Waals surface area contributed by atoms with E-state index >= 15 is 0 Å². The van der Waals surface area contributed by atoms with Gasteiger partial charge in [-0.25, -0.2) is 0 Å². The Morgan fingerprint density at radius 1 is 2.00 bits per heavy atom. The van der Waals surface area contributed by atoms with Crippen LogP contribution in [-0.4, -0.2) is 17.9 Å². The Morgan fingerprint density at radius 3 is 3.00 bits per heavy atom. The number of carbonyl (C=O) groups is 1. The Bertz CT molecular complexity index is 126. The molecular formula is C2H4N4O2. The van der Waals surface area contributed by atoms with Gasteiger partial charge in [-0.2, -0.15) is 0 Å². The summed E-state index contributed by atoms with van der Waals surface area (Å²) in [6, 6.07) is -0.880. The third-order valence-corrected chi connectivity index (χ3v) is 0.366. The van der Waals surface area contributed by atoms with Crippen molar-refractivity contribution in [2.24, 2.45) is 5.11 Å². The molecule has 0 aliphatic carbocycles. The molecule has 0 aliphatic rings. The minimum absolute atomic E-state index is 0.516. The first-order chi connectivity index (χ1) is 3.81. The fraction of sp³-hybridized carbons (Fsp3) is 0.500. The molecule has 2 N–H and O–H groups in total.